The van der Waals surface area contributed by atoms with Gasteiger partial charge in [-0.15, -0.1) is 0 Å². The van der Waals surface area contributed by atoms with E-state index >= 15 is 0 Å². The first kappa shape index (κ1) is 13.1. The van der Waals surface area contributed by atoms with Crippen LogP contribution < -0.4 is 5.40 Å². The Morgan fingerprint density at radius 1 is 1.00 bits per heavy atom. The van der Waals surface area contributed by atoms with Crippen LogP contribution in [0.15, 0.2) is 0 Å². The predicted molar refractivity (Wildman–Crippen MR) is 63.1 cm³/mol. The Balaban J connectivity index is 3.88. The summed E-state index contributed by atoms with van der Waals surface area (Å²) in [6.45, 7) is 11.3. The van der Waals surface area contributed by atoms with E-state index in [0.29, 0.717) is 0 Å². The smallest absolute Gasteiger partial charge is 0.195 e. The fourth-order valence-electron chi connectivity index (χ4n) is 1.39. The zero-order valence-electron chi connectivity index (χ0n) is 9.77. The lowest BCUT2D eigenvalue weighted by atomic mass is 10.3. The van der Waals surface area contributed by atoms with Gasteiger partial charge in [-0.05, 0) is 39.0 Å². The van der Waals surface area contributed by atoms with Crippen molar-refractivity contribution in [2.75, 3.05) is 13.1 Å². The van der Waals surface area contributed by atoms with Gasteiger partial charge in [0.05, 0.1) is 0 Å². The molecule has 80 valence electrons. The standard InChI is InChI=1S/C10H26N2Si/c1-5-7-9-12(10-8-6-2)13(3,4)11/h5-11H2,1-4H3. The molecule has 0 aliphatic rings. The molecular formula is C10H26N2Si. The number of unbranched alkanes of at least 4 members (excludes halogenated alkanes) is 2. The van der Waals surface area contributed by atoms with Crippen LogP contribution in [0, 0.1) is 0 Å². The van der Waals surface area contributed by atoms with Gasteiger partial charge < -0.3 is 9.96 Å². The molecule has 0 saturated carbocycles. The molecular weight excluding hydrogens is 176 g/mol. The second-order valence-electron chi connectivity index (χ2n) is 4.35. The lowest BCUT2D eigenvalue weighted by Gasteiger charge is -2.33. The largest absolute Gasteiger partial charge is 0.339 e. The fraction of sp³-hybridized carbons (Fsp3) is 1.00. The van der Waals surface area contributed by atoms with Crippen LogP contribution in [0.25, 0.3) is 0 Å². The molecule has 0 aliphatic heterocycles. The molecule has 0 fully saturated rings. The maximum Gasteiger partial charge on any atom is 0.195 e. The molecule has 0 aromatic rings. The van der Waals surface area contributed by atoms with Crippen LogP contribution in [0.4, 0.5) is 0 Å². The van der Waals surface area contributed by atoms with E-state index in [1.54, 1.807) is 0 Å². The SMILES string of the molecule is CCCCN(CCCC)[Si](C)(C)N. The third-order valence-electron chi connectivity index (χ3n) is 2.38. The molecule has 0 spiro atoms. The molecule has 0 radical (unpaired) electrons. The molecule has 3 heteroatoms. The van der Waals surface area contributed by atoms with Crippen molar-refractivity contribution in [1.29, 1.82) is 0 Å². The van der Waals surface area contributed by atoms with Crippen molar-refractivity contribution in [2.24, 2.45) is 5.40 Å². The Hall–Kier alpha value is 0.137. The number of hydrogen-bond donors (Lipinski definition) is 1. The summed E-state index contributed by atoms with van der Waals surface area (Å²) in [5, 5.41) is 6.23. The summed E-state index contributed by atoms with van der Waals surface area (Å²) in [7, 11) is -1.53. The van der Waals surface area contributed by atoms with Crippen LogP contribution in [0.3, 0.4) is 0 Å². The number of nitrogens with two attached hydrogens (primary N) is 1. The van der Waals surface area contributed by atoms with E-state index in [2.05, 4.69) is 31.5 Å². The zero-order valence-corrected chi connectivity index (χ0v) is 10.8. The van der Waals surface area contributed by atoms with Gasteiger partial charge in [-0.3, -0.25) is 0 Å². The van der Waals surface area contributed by atoms with Crippen molar-refractivity contribution in [3.8, 4) is 0 Å². The monoisotopic (exact) mass is 202 g/mol. The summed E-state index contributed by atoms with van der Waals surface area (Å²) in [6.07, 6.45) is 5.12. The number of nitrogens with zero attached hydrogens (tertiary/aromatic N) is 1. The van der Waals surface area contributed by atoms with Crippen molar-refractivity contribution in [2.45, 2.75) is 52.6 Å². The summed E-state index contributed by atoms with van der Waals surface area (Å²) in [5.74, 6) is 0. The molecule has 2 N–H and O–H groups in total. The summed E-state index contributed by atoms with van der Waals surface area (Å²) < 4.78 is 2.53. The molecule has 0 aromatic heterocycles. The summed E-state index contributed by atoms with van der Waals surface area (Å²) in [6, 6.07) is 0. The minimum atomic E-state index is -1.53. The lowest BCUT2D eigenvalue weighted by molar-refractivity contribution is 0.399. The zero-order chi connectivity index (χ0) is 10.3. The van der Waals surface area contributed by atoms with E-state index in [9.17, 15) is 0 Å². The van der Waals surface area contributed by atoms with Gasteiger partial charge in [-0.1, -0.05) is 26.7 Å². The third-order valence-corrected chi connectivity index (χ3v) is 4.46. The van der Waals surface area contributed by atoms with Crippen LogP contribution in [0.2, 0.25) is 13.1 Å². The third kappa shape index (κ3) is 6.24. The number of rotatable bonds is 7. The van der Waals surface area contributed by atoms with E-state index in [-0.39, 0.29) is 0 Å². The van der Waals surface area contributed by atoms with Gasteiger partial charge in [0.2, 0.25) is 0 Å². The molecule has 0 aromatic carbocycles. The molecule has 0 aliphatic carbocycles. The van der Waals surface area contributed by atoms with Crippen molar-refractivity contribution < 1.29 is 0 Å². The molecule has 2 nitrogen and oxygen atoms in total. The first-order valence-corrected chi connectivity index (χ1v) is 8.58. The Morgan fingerprint density at radius 2 is 1.38 bits per heavy atom. The van der Waals surface area contributed by atoms with Crippen LogP contribution in [-0.4, -0.2) is 26.1 Å². The van der Waals surface area contributed by atoms with Crippen LogP contribution in [-0.2, 0) is 0 Å². The molecule has 0 rings (SSSR count). The van der Waals surface area contributed by atoms with Crippen molar-refractivity contribution >= 4 is 8.40 Å². The molecule has 0 heterocycles. The quantitative estimate of drug-likeness (QED) is 0.643. The maximum atomic E-state index is 6.23. The van der Waals surface area contributed by atoms with Gasteiger partial charge in [-0.2, -0.15) is 0 Å². The Labute approximate surface area is 84.7 Å². The average molecular weight is 202 g/mol. The molecule has 0 unspecified atom stereocenters. The summed E-state index contributed by atoms with van der Waals surface area (Å²) >= 11 is 0. The highest BCUT2D eigenvalue weighted by atomic mass is 28.3. The highest BCUT2D eigenvalue weighted by molar-refractivity contribution is 6.71. The minimum absolute atomic E-state index is 1.20. The van der Waals surface area contributed by atoms with Crippen molar-refractivity contribution in [3.63, 3.8) is 0 Å². The topological polar surface area (TPSA) is 29.3 Å². The van der Waals surface area contributed by atoms with Gasteiger partial charge in [0.1, 0.15) is 0 Å². The van der Waals surface area contributed by atoms with E-state index in [1.165, 1.54) is 38.8 Å². The van der Waals surface area contributed by atoms with Gasteiger partial charge in [0, 0.05) is 0 Å². The minimum Gasteiger partial charge on any atom is -0.339 e. The van der Waals surface area contributed by atoms with Crippen LogP contribution in [0.5, 0.6) is 0 Å². The van der Waals surface area contributed by atoms with Crippen molar-refractivity contribution in [1.82, 2.24) is 4.57 Å². The van der Waals surface area contributed by atoms with E-state index < -0.39 is 8.40 Å². The molecule has 13 heavy (non-hydrogen) atoms. The van der Waals surface area contributed by atoms with Crippen LogP contribution >= 0.6 is 0 Å². The predicted octanol–water partition coefficient (Wildman–Crippen LogP) is 2.55. The second-order valence-corrected chi connectivity index (χ2v) is 8.29. The Kier molecular flexibility index (Phi) is 6.64. The van der Waals surface area contributed by atoms with Gasteiger partial charge >= 0.3 is 0 Å². The molecule has 0 saturated heterocycles. The fourth-order valence-corrected chi connectivity index (χ4v) is 2.85. The van der Waals surface area contributed by atoms with Crippen molar-refractivity contribution in [3.05, 3.63) is 0 Å². The highest BCUT2D eigenvalue weighted by Gasteiger charge is 2.23. The second kappa shape index (κ2) is 6.57. The molecule has 0 amide bonds. The summed E-state index contributed by atoms with van der Waals surface area (Å²) in [5.41, 5.74) is 0. The van der Waals surface area contributed by atoms with Gasteiger partial charge in [-0.25, -0.2) is 0 Å². The Morgan fingerprint density at radius 3 is 1.62 bits per heavy atom. The first-order chi connectivity index (χ1) is 6.02. The van der Waals surface area contributed by atoms with E-state index in [4.69, 9.17) is 5.40 Å². The highest BCUT2D eigenvalue weighted by Crippen LogP contribution is 2.07. The normalized spacial score (nSPS) is 12.5. The van der Waals surface area contributed by atoms with Gasteiger partial charge in [0.15, 0.2) is 8.40 Å². The van der Waals surface area contributed by atoms with Gasteiger partial charge in [0.25, 0.3) is 0 Å². The number of hydrogen-bond acceptors (Lipinski definition) is 2. The Bertz CT molecular complexity index is 113. The summed E-state index contributed by atoms with van der Waals surface area (Å²) in [4.78, 5) is 0. The lowest BCUT2D eigenvalue weighted by Crippen LogP contribution is -2.57. The van der Waals surface area contributed by atoms with E-state index in [1.807, 2.05) is 0 Å². The van der Waals surface area contributed by atoms with Crippen LogP contribution in [0.1, 0.15) is 39.5 Å². The first-order valence-electron chi connectivity index (χ1n) is 5.56. The molecule has 0 bridgehead atoms. The maximum absolute atomic E-state index is 6.23. The van der Waals surface area contributed by atoms with E-state index in [0.717, 1.165) is 0 Å². The average Bonchev–Trinajstić information content (AvgIpc) is 2.02. The molecule has 0 atom stereocenters.